The number of halogens is 2. The number of anilines is 1. The maximum Gasteiger partial charge on any atom is 0.237 e. The molecule has 0 bridgehead atoms. The van der Waals surface area contributed by atoms with Crippen molar-refractivity contribution in [2.75, 3.05) is 5.43 Å². The van der Waals surface area contributed by atoms with Crippen molar-refractivity contribution in [1.29, 1.82) is 10.5 Å². The van der Waals surface area contributed by atoms with Gasteiger partial charge in [0.05, 0.1) is 10.7 Å². The SMILES string of the molecule is N#CC(C#N)=NNc1ccc(OCc2cccc(F)c2)c(Cl)c1. The molecule has 0 saturated carbocycles. The van der Waals surface area contributed by atoms with Gasteiger partial charge in [-0.2, -0.15) is 15.6 Å². The zero-order valence-corrected chi connectivity index (χ0v) is 12.5. The van der Waals surface area contributed by atoms with E-state index in [2.05, 4.69) is 10.5 Å². The highest BCUT2D eigenvalue weighted by atomic mass is 35.5. The Balaban J connectivity index is 2.04. The first kappa shape index (κ1) is 16.3. The number of nitrogens with one attached hydrogen (secondary N) is 1. The number of hydrogen-bond acceptors (Lipinski definition) is 5. The van der Waals surface area contributed by atoms with Crippen molar-refractivity contribution in [1.82, 2.24) is 0 Å². The van der Waals surface area contributed by atoms with Crippen LogP contribution in [0.3, 0.4) is 0 Å². The first-order chi connectivity index (χ1) is 11.1. The van der Waals surface area contributed by atoms with Crippen LogP contribution in [0.15, 0.2) is 47.6 Å². The molecule has 0 fully saturated rings. The van der Waals surface area contributed by atoms with Crippen LogP contribution in [0.1, 0.15) is 5.56 Å². The van der Waals surface area contributed by atoms with Crippen molar-refractivity contribution in [3.05, 3.63) is 58.9 Å². The third-order valence-corrected chi connectivity index (χ3v) is 3.02. The lowest BCUT2D eigenvalue weighted by atomic mass is 10.2. The Morgan fingerprint density at radius 1 is 1.22 bits per heavy atom. The molecule has 0 aliphatic heterocycles. The van der Waals surface area contributed by atoms with Crippen molar-refractivity contribution in [3.8, 4) is 17.9 Å². The molecule has 2 aromatic rings. The molecule has 0 spiro atoms. The number of benzene rings is 2. The van der Waals surface area contributed by atoms with Crippen LogP contribution in [0.4, 0.5) is 10.1 Å². The first-order valence-corrected chi connectivity index (χ1v) is 6.81. The summed E-state index contributed by atoms with van der Waals surface area (Å²) in [5.74, 6) is 0.0895. The van der Waals surface area contributed by atoms with Gasteiger partial charge in [-0.15, -0.1) is 0 Å². The van der Waals surface area contributed by atoms with E-state index < -0.39 is 0 Å². The first-order valence-electron chi connectivity index (χ1n) is 6.43. The monoisotopic (exact) mass is 328 g/mol. The average molecular weight is 329 g/mol. The molecule has 0 atom stereocenters. The molecule has 0 unspecified atom stereocenters. The van der Waals surface area contributed by atoms with E-state index in [4.69, 9.17) is 26.9 Å². The summed E-state index contributed by atoms with van der Waals surface area (Å²) < 4.78 is 18.6. The molecule has 0 aromatic heterocycles. The number of hydrazone groups is 1. The number of nitrogens with zero attached hydrogens (tertiary/aromatic N) is 3. The Labute approximate surface area is 137 Å². The maximum atomic E-state index is 13.1. The van der Waals surface area contributed by atoms with Crippen LogP contribution in [0.5, 0.6) is 5.75 Å². The van der Waals surface area contributed by atoms with Gasteiger partial charge < -0.3 is 4.74 Å². The van der Waals surface area contributed by atoms with Gasteiger partial charge in [-0.25, -0.2) is 4.39 Å². The van der Waals surface area contributed by atoms with Crippen LogP contribution in [-0.2, 0) is 6.61 Å². The lowest BCUT2D eigenvalue weighted by molar-refractivity contribution is 0.306. The van der Waals surface area contributed by atoms with Gasteiger partial charge in [0, 0.05) is 0 Å². The average Bonchev–Trinajstić information content (AvgIpc) is 2.55. The Morgan fingerprint density at radius 2 is 2.00 bits per heavy atom. The molecule has 0 aliphatic rings. The van der Waals surface area contributed by atoms with Gasteiger partial charge in [-0.1, -0.05) is 23.7 Å². The summed E-state index contributed by atoms with van der Waals surface area (Å²) in [5.41, 5.74) is 3.43. The summed E-state index contributed by atoms with van der Waals surface area (Å²) in [6, 6.07) is 14.1. The van der Waals surface area contributed by atoms with E-state index in [1.165, 1.54) is 12.1 Å². The van der Waals surface area contributed by atoms with E-state index in [9.17, 15) is 4.39 Å². The molecule has 0 heterocycles. The van der Waals surface area contributed by atoms with Crippen molar-refractivity contribution in [2.45, 2.75) is 6.61 Å². The van der Waals surface area contributed by atoms with Crippen LogP contribution in [0, 0.1) is 28.5 Å². The summed E-state index contributed by atoms with van der Waals surface area (Å²) in [6.07, 6.45) is 0. The fourth-order valence-electron chi connectivity index (χ4n) is 1.67. The zero-order chi connectivity index (χ0) is 16.7. The molecular weight excluding hydrogens is 319 g/mol. The minimum atomic E-state index is -0.333. The van der Waals surface area contributed by atoms with Gasteiger partial charge in [-0.05, 0) is 35.9 Å². The van der Waals surface area contributed by atoms with E-state index in [0.29, 0.717) is 22.0 Å². The number of nitriles is 2. The molecular formula is C16H10ClFN4O. The Hall–Kier alpha value is -3.09. The molecule has 0 aliphatic carbocycles. The van der Waals surface area contributed by atoms with E-state index in [1.807, 2.05) is 0 Å². The smallest absolute Gasteiger partial charge is 0.237 e. The zero-order valence-electron chi connectivity index (χ0n) is 11.8. The third-order valence-electron chi connectivity index (χ3n) is 2.72. The van der Waals surface area contributed by atoms with Gasteiger partial charge in [0.1, 0.15) is 30.3 Å². The van der Waals surface area contributed by atoms with E-state index in [-0.39, 0.29) is 18.1 Å². The number of rotatable bonds is 5. The fourth-order valence-corrected chi connectivity index (χ4v) is 1.91. The van der Waals surface area contributed by atoms with Gasteiger partial charge >= 0.3 is 0 Å². The fraction of sp³-hybridized carbons (Fsp3) is 0.0625. The summed E-state index contributed by atoms with van der Waals surface area (Å²) >= 11 is 6.09. The van der Waals surface area contributed by atoms with E-state index in [0.717, 1.165) is 0 Å². The summed E-state index contributed by atoms with van der Waals surface area (Å²) in [4.78, 5) is 0. The van der Waals surface area contributed by atoms with E-state index >= 15 is 0 Å². The summed E-state index contributed by atoms with van der Waals surface area (Å²) in [6.45, 7) is 0.176. The molecule has 1 N–H and O–H groups in total. The Kier molecular flexibility index (Phi) is 5.51. The predicted octanol–water partition coefficient (Wildman–Crippen LogP) is 3.87. The molecule has 114 valence electrons. The molecule has 0 radical (unpaired) electrons. The molecule has 0 saturated heterocycles. The largest absolute Gasteiger partial charge is 0.487 e. The van der Waals surface area contributed by atoms with Crippen LogP contribution in [0.25, 0.3) is 0 Å². The van der Waals surface area contributed by atoms with Crippen LogP contribution < -0.4 is 10.2 Å². The Morgan fingerprint density at radius 3 is 2.65 bits per heavy atom. The standard InChI is InChI=1S/C16H10ClFN4O/c17-15-7-13(21-22-14(8-19)9-20)4-5-16(15)23-10-11-2-1-3-12(18)6-11/h1-7,21H,10H2. The maximum absolute atomic E-state index is 13.1. The third kappa shape index (κ3) is 4.70. The molecule has 2 rings (SSSR count). The number of hydrogen-bond donors (Lipinski definition) is 1. The van der Waals surface area contributed by atoms with Gasteiger partial charge in [0.2, 0.25) is 5.71 Å². The minimum Gasteiger partial charge on any atom is -0.487 e. The molecule has 0 amide bonds. The molecule has 5 nitrogen and oxygen atoms in total. The molecule has 7 heteroatoms. The van der Waals surface area contributed by atoms with Crippen LogP contribution in [-0.4, -0.2) is 5.71 Å². The summed E-state index contributed by atoms with van der Waals surface area (Å²) in [5, 5.41) is 21.1. The minimum absolute atomic E-state index is 0.176. The molecule has 23 heavy (non-hydrogen) atoms. The van der Waals surface area contributed by atoms with Crippen LogP contribution >= 0.6 is 11.6 Å². The highest BCUT2D eigenvalue weighted by Gasteiger charge is 2.04. The normalized spacial score (nSPS) is 9.39. The second kappa shape index (κ2) is 7.79. The lowest BCUT2D eigenvalue weighted by Crippen LogP contribution is -1.98. The van der Waals surface area contributed by atoms with E-state index in [1.54, 1.807) is 42.5 Å². The highest BCUT2D eigenvalue weighted by Crippen LogP contribution is 2.28. The topological polar surface area (TPSA) is 81.2 Å². The second-order valence-corrected chi connectivity index (χ2v) is 4.77. The van der Waals surface area contributed by atoms with Crippen molar-refractivity contribution >= 4 is 23.0 Å². The number of ether oxygens (including phenoxy) is 1. The quantitative estimate of drug-likeness (QED) is 0.667. The van der Waals surface area contributed by atoms with Crippen molar-refractivity contribution in [3.63, 3.8) is 0 Å². The second-order valence-electron chi connectivity index (χ2n) is 4.36. The van der Waals surface area contributed by atoms with Gasteiger partial charge in [0.25, 0.3) is 0 Å². The lowest BCUT2D eigenvalue weighted by Gasteiger charge is -2.09. The summed E-state index contributed by atoms with van der Waals surface area (Å²) in [7, 11) is 0. The Bertz CT molecular complexity index is 808. The van der Waals surface area contributed by atoms with Gasteiger partial charge in [-0.3, -0.25) is 5.43 Å². The molecule has 2 aromatic carbocycles. The van der Waals surface area contributed by atoms with Gasteiger partial charge in [0.15, 0.2) is 0 Å². The highest BCUT2D eigenvalue weighted by molar-refractivity contribution is 6.32. The van der Waals surface area contributed by atoms with Crippen molar-refractivity contribution < 1.29 is 9.13 Å². The predicted molar refractivity (Wildman–Crippen MR) is 84.5 cm³/mol. The van der Waals surface area contributed by atoms with Crippen molar-refractivity contribution in [2.24, 2.45) is 5.10 Å². The van der Waals surface area contributed by atoms with Crippen LogP contribution in [0.2, 0.25) is 5.02 Å².